The zero-order valence-corrected chi connectivity index (χ0v) is 12.6. The molecule has 0 heterocycles. The number of benzene rings is 2. The zero-order valence-electron chi connectivity index (χ0n) is 11.0. The summed E-state index contributed by atoms with van der Waals surface area (Å²) in [5.41, 5.74) is 0.586. The third-order valence-corrected chi connectivity index (χ3v) is 3.45. The summed E-state index contributed by atoms with van der Waals surface area (Å²) in [5.74, 6) is -0.477. The Morgan fingerprint density at radius 1 is 1.33 bits per heavy atom. The second-order valence-corrected chi connectivity index (χ2v) is 4.96. The lowest BCUT2D eigenvalue weighted by molar-refractivity contribution is 0.102. The van der Waals surface area contributed by atoms with Gasteiger partial charge in [-0.05, 0) is 52.3 Å². The molecule has 0 saturated heterocycles. The van der Waals surface area contributed by atoms with E-state index < -0.39 is 11.7 Å². The van der Waals surface area contributed by atoms with Crippen LogP contribution < -0.4 is 10.1 Å². The van der Waals surface area contributed by atoms with E-state index in [1.165, 1.54) is 19.2 Å². The van der Waals surface area contributed by atoms with Crippen LogP contribution in [0.2, 0.25) is 0 Å². The summed E-state index contributed by atoms with van der Waals surface area (Å²) in [7, 11) is 1.50. The topological polar surface area (TPSA) is 62.1 Å². The van der Waals surface area contributed by atoms with Crippen molar-refractivity contribution >= 4 is 27.5 Å². The molecular formula is C15H10BrFN2O2. The molecule has 0 atom stereocenters. The number of rotatable bonds is 3. The molecule has 0 spiro atoms. The average molecular weight is 349 g/mol. The Balaban J connectivity index is 2.28. The van der Waals surface area contributed by atoms with Crippen LogP contribution in [0, 0.1) is 17.1 Å². The Morgan fingerprint density at radius 3 is 2.76 bits per heavy atom. The van der Waals surface area contributed by atoms with Crippen LogP contribution in [0.25, 0.3) is 0 Å². The Bertz CT molecular complexity index is 741. The van der Waals surface area contributed by atoms with Gasteiger partial charge in [-0.2, -0.15) is 5.26 Å². The van der Waals surface area contributed by atoms with Crippen molar-refractivity contribution in [2.24, 2.45) is 0 Å². The van der Waals surface area contributed by atoms with Crippen molar-refractivity contribution in [2.75, 3.05) is 12.4 Å². The number of nitriles is 1. The van der Waals surface area contributed by atoms with Crippen molar-refractivity contribution in [3.63, 3.8) is 0 Å². The Kier molecular flexibility index (Phi) is 4.55. The molecule has 2 aromatic rings. The Morgan fingerprint density at radius 2 is 2.10 bits per heavy atom. The first kappa shape index (κ1) is 15.0. The summed E-state index contributed by atoms with van der Waals surface area (Å²) in [6.45, 7) is 0. The SMILES string of the molecule is COc1ccc(Br)c(C(=O)Nc2ccc(F)c(C#N)c2)c1. The average Bonchev–Trinajstić information content (AvgIpc) is 2.49. The van der Waals surface area contributed by atoms with Crippen LogP contribution in [-0.2, 0) is 0 Å². The van der Waals surface area contributed by atoms with Gasteiger partial charge in [-0.1, -0.05) is 0 Å². The molecule has 0 aromatic heterocycles. The molecule has 4 nitrogen and oxygen atoms in total. The fourth-order valence-electron chi connectivity index (χ4n) is 1.69. The van der Waals surface area contributed by atoms with E-state index in [4.69, 9.17) is 10.00 Å². The maximum absolute atomic E-state index is 13.2. The molecule has 0 fully saturated rings. The minimum Gasteiger partial charge on any atom is -0.497 e. The van der Waals surface area contributed by atoms with E-state index in [-0.39, 0.29) is 5.56 Å². The first-order valence-electron chi connectivity index (χ1n) is 5.89. The number of ether oxygens (including phenoxy) is 1. The molecule has 2 rings (SSSR count). The second kappa shape index (κ2) is 6.37. The molecule has 21 heavy (non-hydrogen) atoms. The van der Waals surface area contributed by atoms with E-state index in [0.717, 1.165) is 6.07 Å². The molecule has 0 aliphatic carbocycles. The minimum atomic E-state index is -0.627. The maximum Gasteiger partial charge on any atom is 0.256 e. The molecule has 0 bridgehead atoms. The number of nitrogens with one attached hydrogen (secondary N) is 1. The Hall–Kier alpha value is -2.39. The summed E-state index contributed by atoms with van der Waals surface area (Å²) in [5, 5.41) is 11.4. The minimum absolute atomic E-state index is 0.127. The quantitative estimate of drug-likeness (QED) is 0.919. The molecule has 0 aliphatic rings. The van der Waals surface area contributed by atoms with Crippen LogP contribution in [0.15, 0.2) is 40.9 Å². The molecule has 0 unspecified atom stereocenters. The van der Waals surface area contributed by atoms with E-state index >= 15 is 0 Å². The molecule has 1 amide bonds. The number of carbonyl (C=O) groups excluding carboxylic acids is 1. The van der Waals surface area contributed by atoms with E-state index in [9.17, 15) is 9.18 Å². The van der Waals surface area contributed by atoms with E-state index in [2.05, 4.69) is 21.2 Å². The smallest absolute Gasteiger partial charge is 0.256 e. The predicted molar refractivity (Wildman–Crippen MR) is 79.8 cm³/mol. The lowest BCUT2D eigenvalue weighted by Gasteiger charge is -2.09. The van der Waals surface area contributed by atoms with Crippen molar-refractivity contribution in [3.05, 3.63) is 57.8 Å². The van der Waals surface area contributed by atoms with Crippen LogP contribution in [0.5, 0.6) is 5.75 Å². The monoisotopic (exact) mass is 348 g/mol. The number of anilines is 1. The van der Waals surface area contributed by atoms with E-state index in [0.29, 0.717) is 21.5 Å². The number of halogens is 2. The standard InChI is InChI=1S/C15H10BrFN2O2/c1-21-11-3-4-13(16)12(7-11)15(20)19-10-2-5-14(17)9(6-10)8-18/h2-7H,1H3,(H,19,20). The number of nitrogens with zero attached hydrogens (tertiary/aromatic N) is 1. The molecule has 0 saturated carbocycles. The first-order chi connectivity index (χ1) is 10.0. The highest BCUT2D eigenvalue weighted by atomic mass is 79.9. The van der Waals surface area contributed by atoms with Gasteiger partial charge in [0.05, 0.1) is 18.2 Å². The molecule has 106 valence electrons. The van der Waals surface area contributed by atoms with Crippen LogP contribution in [0.4, 0.5) is 10.1 Å². The van der Waals surface area contributed by atoms with Gasteiger partial charge >= 0.3 is 0 Å². The third-order valence-electron chi connectivity index (χ3n) is 2.76. The number of amides is 1. The summed E-state index contributed by atoms with van der Waals surface area (Å²) in [6.07, 6.45) is 0. The number of methoxy groups -OCH3 is 1. The van der Waals surface area contributed by atoms with Crippen LogP contribution in [-0.4, -0.2) is 13.0 Å². The lowest BCUT2D eigenvalue weighted by Crippen LogP contribution is -2.13. The van der Waals surface area contributed by atoms with Crippen molar-refractivity contribution in [3.8, 4) is 11.8 Å². The highest BCUT2D eigenvalue weighted by Crippen LogP contribution is 2.24. The largest absolute Gasteiger partial charge is 0.497 e. The summed E-state index contributed by atoms with van der Waals surface area (Å²) < 4.78 is 18.9. The van der Waals surface area contributed by atoms with E-state index in [1.807, 2.05) is 0 Å². The zero-order chi connectivity index (χ0) is 15.4. The van der Waals surface area contributed by atoms with Crippen LogP contribution in [0.1, 0.15) is 15.9 Å². The van der Waals surface area contributed by atoms with Gasteiger partial charge < -0.3 is 10.1 Å². The van der Waals surface area contributed by atoms with E-state index in [1.54, 1.807) is 24.3 Å². The molecular weight excluding hydrogens is 339 g/mol. The van der Waals surface area contributed by atoms with Gasteiger partial charge in [0.15, 0.2) is 0 Å². The molecule has 0 radical (unpaired) electrons. The fourth-order valence-corrected chi connectivity index (χ4v) is 2.12. The lowest BCUT2D eigenvalue weighted by atomic mass is 10.1. The normalized spacial score (nSPS) is 9.81. The highest BCUT2D eigenvalue weighted by molar-refractivity contribution is 9.10. The maximum atomic E-state index is 13.2. The van der Waals surface area contributed by atoms with Gasteiger partial charge in [0.1, 0.15) is 17.6 Å². The second-order valence-electron chi connectivity index (χ2n) is 4.11. The van der Waals surface area contributed by atoms with Crippen molar-refractivity contribution in [1.29, 1.82) is 5.26 Å². The van der Waals surface area contributed by atoms with Gasteiger partial charge in [-0.25, -0.2) is 4.39 Å². The van der Waals surface area contributed by atoms with Crippen LogP contribution >= 0.6 is 15.9 Å². The molecule has 6 heteroatoms. The van der Waals surface area contributed by atoms with Crippen molar-refractivity contribution < 1.29 is 13.9 Å². The first-order valence-corrected chi connectivity index (χ1v) is 6.69. The van der Waals surface area contributed by atoms with Crippen molar-refractivity contribution in [2.45, 2.75) is 0 Å². The summed E-state index contributed by atoms with van der Waals surface area (Å²) in [4.78, 5) is 12.2. The summed E-state index contributed by atoms with van der Waals surface area (Å²) >= 11 is 3.28. The van der Waals surface area contributed by atoms with Gasteiger partial charge in [0, 0.05) is 10.2 Å². The predicted octanol–water partition coefficient (Wildman–Crippen LogP) is 3.72. The van der Waals surface area contributed by atoms with Gasteiger partial charge in [-0.3, -0.25) is 4.79 Å². The molecule has 2 aromatic carbocycles. The molecule has 0 aliphatic heterocycles. The van der Waals surface area contributed by atoms with Gasteiger partial charge in [0.25, 0.3) is 5.91 Å². The highest BCUT2D eigenvalue weighted by Gasteiger charge is 2.12. The van der Waals surface area contributed by atoms with Gasteiger partial charge in [0.2, 0.25) is 0 Å². The number of hydrogen-bond donors (Lipinski definition) is 1. The number of carbonyl (C=O) groups is 1. The number of hydrogen-bond acceptors (Lipinski definition) is 3. The fraction of sp³-hybridized carbons (Fsp3) is 0.0667. The third kappa shape index (κ3) is 3.38. The van der Waals surface area contributed by atoms with Gasteiger partial charge in [-0.15, -0.1) is 0 Å². The van der Waals surface area contributed by atoms with Crippen LogP contribution in [0.3, 0.4) is 0 Å². The Labute approximate surface area is 129 Å². The van der Waals surface area contributed by atoms with Crippen molar-refractivity contribution in [1.82, 2.24) is 0 Å². The summed E-state index contributed by atoms with van der Waals surface area (Å²) in [6, 6.07) is 10.5. The molecule has 1 N–H and O–H groups in total.